The van der Waals surface area contributed by atoms with Gasteiger partial charge in [0.1, 0.15) is 0 Å². The molecule has 3 heterocycles. The Labute approximate surface area is 145 Å². The number of piperidine rings is 1. The van der Waals surface area contributed by atoms with Crippen molar-refractivity contribution in [1.82, 2.24) is 25.1 Å². The van der Waals surface area contributed by atoms with Crippen LogP contribution in [-0.4, -0.2) is 32.8 Å². The Morgan fingerprint density at radius 1 is 1.04 bits per heavy atom. The number of benzene rings is 1. The Hall–Kier alpha value is -2.24. The van der Waals surface area contributed by atoms with Gasteiger partial charge in [-0.25, -0.2) is 14.6 Å². The molecule has 1 aromatic carbocycles. The van der Waals surface area contributed by atoms with Crippen LogP contribution in [-0.2, 0) is 0 Å². The third-order valence-corrected chi connectivity index (χ3v) is 4.63. The minimum absolute atomic E-state index is 0.462. The number of nitrogens with one attached hydrogen (secondary N) is 1. The molecule has 1 aliphatic rings. The van der Waals surface area contributed by atoms with Gasteiger partial charge >= 0.3 is 0 Å². The molecule has 1 N–H and O–H groups in total. The quantitative estimate of drug-likeness (QED) is 0.794. The van der Waals surface area contributed by atoms with E-state index < -0.39 is 0 Å². The normalized spacial score (nSPS) is 15.5. The second-order valence-corrected chi connectivity index (χ2v) is 6.38. The van der Waals surface area contributed by atoms with Crippen LogP contribution in [0.4, 0.5) is 0 Å². The number of nitrogens with zero attached hydrogens (tertiary/aromatic N) is 4. The van der Waals surface area contributed by atoms with E-state index >= 15 is 0 Å². The molecule has 0 aliphatic carbocycles. The molecule has 122 valence electrons. The maximum Gasteiger partial charge on any atom is 0.250 e. The molecular formula is C18H18ClN5. The van der Waals surface area contributed by atoms with Gasteiger partial charge < -0.3 is 5.32 Å². The van der Waals surface area contributed by atoms with Crippen LogP contribution in [0.3, 0.4) is 0 Å². The number of hydrogen-bond acceptors (Lipinski definition) is 4. The van der Waals surface area contributed by atoms with E-state index in [9.17, 15) is 0 Å². The van der Waals surface area contributed by atoms with Gasteiger partial charge in [0.05, 0.1) is 11.4 Å². The topological polar surface area (TPSA) is 55.6 Å². The van der Waals surface area contributed by atoms with Crippen LogP contribution < -0.4 is 5.32 Å². The molecule has 2 aromatic heterocycles. The molecule has 1 saturated heterocycles. The van der Waals surface area contributed by atoms with Gasteiger partial charge in [-0.2, -0.15) is 5.10 Å². The standard InChI is InChI=1S/C18H18ClN5/c19-15-4-2-13(3-5-15)16-12-17(14-6-10-20-11-7-14)24(23-16)18-21-8-1-9-22-18/h1-5,8-9,12,14,20H,6-7,10-11H2. The lowest BCUT2D eigenvalue weighted by Crippen LogP contribution is -2.27. The molecule has 0 radical (unpaired) electrons. The lowest BCUT2D eigenvalue weighted by molar-refractivity contribution is 0.444. The Morgan fingerprint density at radius 2 is 1.75 bits per heavy atom. The van der Waals surface area contributed by atoms with Gasteiger partial charge in [-0.05, 0) is 50.2 Å². The molecule has 24 heavy (non-hydrogen) atoms. The largest absolute Gasteiger partial charge is 0.317 e. The van der Waals surface area contributed by atoms with Gasteiger partial charge in [-0.3, -0.25) is 0 Å². The number of rotatable bonds is 3. The minimum Gasteiger partial charge on any atom is -0.317 e. The second kappa shape index (κ2) is 6.71. The number of hydrogen-bond donors (Lipinski definition) is 1. The highest BCUT2D eigenvalue weighted by molar-refractivity contribution is 6.30. The fourth-order valence-electron chi connectivity index (χ4n) is 3.13. The van der Waals surface area contributed by atoms with E-state index in [4.69, 9.17) is 16.7 Å². The molecule has 1 fully saturated rings. The molecule has 0 amide bonds. The highest BCUT2D eigenvalue weighted by Gasteiger charge is 2.22. The van der Waals surface area contributed by atoms with Crippen molar-refractivity contribution in [3.8, 4) is 17.2 Å². The average Bonchev–Trinajstić information content (AvgIpc) is 3.09. The first-order valence-corrected chi connectivity index (χ1v) is 8.53. The maximum atomic E-state index is 6.00. The van der Waals surface area contributed by atoms with Crippen LogP contribution in [0.5, 0.6) is 0 Å². The molecule has 4 rings (SSSR count). The molecule has 6 heteroatoms. The van der Waals surface area contributed by atoms with Gasteiger partial charge in [0.25, 0.3) is 5.95 Å². The summed E-state index contributed by atoms with van der Waals surface area (Å²) in [5.41, 5.74) is 3.14. The van der Waals surface area contributed by atoms with Crippen molar-refractivity contribution in [2.45, 2.75) is 18.8 Å². The zero-order valence-corrected chi connectivity index (χ0v) is 13.9. The van der Waals surface area contributed by atoms with Crippen molar-refractivity contribution in [3.63, 3.8) is 0 Å². The highest BCUT2D eigenvalue weighted by atomic mass is 35.5. The first-order chi connectivity index (χ1) is 11.8. The maximum absolute atomic E-state index is 6.00. The van der Waals surface area contributed by atoms with E-state index in [1.165, 1.54) is 5.69 Å². The monoisotopic (exact) mass is 339 g/mol. The summed E-state index contributed by atoms with van der Waals surface area (Å²) in [7, 11) is 0. The zero-order chi connectivity index (χ0) is 16.4. The Morgan fingerprint density at radius 3 is 2.46 bits per heavy atom. The first kappa shape index (κ1) is 15.3. The summed E-state index contributed by atoms with van der Waals surface area (Å²) >= 11 is 6.00. The SMILES string of the molecule is Clc1ccc(-c2cc(C3CCNCC3)n(-c3ncccn3)n2)cc1. The average molecular weight is 340 g/mol. The Balaban J connectivity index is 1.79. The van der Waals surface area contributed by atoms with Crippen LogP contribution in [0.25, 0.3) is 17.2 Å². The molecule has 0 bridgehead atoms. The van der Waals surface area contributed by atoms with Crippen molar-refractivity contribution in [1.29, 1.82) is 0 Å². The minimum atomic E-state index is 0.462. The van der Waals surface area contributed by atoms with Gasteiger partial charge in [-0.1, -0.05) is 23.7 Å². The zero-order valence-electron chi connectivity index (χ0n) is 13.2. The molecule has 0 spiro atoms. The summed E-state index contributed by atoms with van der Waals surface area (Å²) in [6, 6.07) is 11.7. The van der Waals surface area contributed by atoms with E-state index in [-0.39, 0.29) is 0 Å². The molecule has 0 atom stereocenters. The van der Waals surface area contributed by atoms with E-state index in [0.717, 1.165) is 42.2 Å². The number of halogens is 1. The van der Waals surface area contributed by atoms with Crippen molar-refractivity contribution >= 4 is 11.6 Å². The van der Waals surface area contributed by atoms with Gasteiger partial charge in [0, 0.05) is 28.9 Å². The highest BCUT2D eigenvalue weighted by Crippen LogP contribution is 2.30. The number of aromatic nitrogens is 4. The van der Waals surface area contributed by atoms with Crippen molar-refractivity contribution < 1.29 is 0 Å². The summed E-state index contributed by atoms with van der Waals surface area (Å²) in [5, 5.41) is 8.92. The Bertz CT molecular complexity index is 807. The molecule has 0 unspecified atom stereocenters. The summed E-state index contributed by atoms with van der Waals surface area (Å²) in [6.07, 6.45) is 5.69. The lowest BCUT2D eigenvalue weighted by Gasteiger charge is -2.22. The predicted octanol–water partition coefficient (Wildman–Crippen LogP) is 3.45. The molecule has 1 aliphatic heterocycles. The third kappa shape index (κ3) is 3.05. The second-order valence-electron chi connectivity index (χ2n) is 5.95. The fourth-order valence-corrected chi connectivity index (χ4v) is 3.25. The van der Waals surface area contributed by atoms with Crippen molar-refractivity contribution in [2.75, 3.05) is 13.1 Å². The lowest BCUT2D eigenvalue weighted by atomic mass is 9.94. The summed E-state index contributed by atoms with van der Waals surface area (Å²) < 4.78 is 1.89. The van der Waals surface area contributed by atoms with E-state index in [1.807, 2.05) is 35.0 Å². The summed E-state index contributed by atoms with van der Waals surface area (Å²) in [6.45, 7) is 2.06. The Kier molecular flexibility index (Phi) is 4.28. The van der Waals surface area contributed by atoms with Crippen LogP contribution in [0.2, 0.25) is 5.02 Å². The molecule has 3 aromatic rings. The molecular weight excluding hydrogens is 322 g/mol. The van der Waals surface area contributed by atoms with E-state index in [1.54, 1.807) is 12.4 Å². The van der Waals surface area contributed by atoms with Crippen LogP contribution in [0.1, 0.15) is 24.5 Å². The summed E-state index contributed by atoms with van der Waals surface area (Å²) in [5.74, 6) is 1.08. The van der Waals surface area contributed by atoms with E-state index in [0.29, 0.717) is 11.9 Å². The fraction of sp³-hybridized carbons (Fsp3) is 0.278. The van der Waals surface area contributed by atoms with E-state index in [2.05, 4.69) is 21.4 Å². The van der Waals surface area contributed by atoms with Gasteiger partial charge in [-0.15, -0.1) is 0 Å². The first-order valence-electron chi connectivity index (χ1n) is 8.15. The third-order valence-electron chi connectivity index (χ3n) is 4.38. The van der Waals surface area contributed by atoms with Gasteiger partial charge in [0.2, 0.25) is 0 Å². The van der Waals surface area contributed by atoms with Crippen molar-refractivity contribution in [3.05, 3.63) is 59.5 Å². The smallest absolute Gasteiger partial charge is 0.250 e. The van der Waals surface area contributed by atoms with Crippen LogP contribution in [0, 0.1) is 0 Å². The predicted molar refractivity (Wildman–Crippen MR) is 94.4 cm³/mol. The molecule has 0 saturated carbocycles. The summed E-state index contributed by atoms with van der Waals surface area (Å²) in [4.78, 5) is 8.76. The van der Waals surface area contributed by atoms with Crippen LogP contribution in [0.15, 0.2) is 48.8 Å². The molecule has 5 nitrogen and oxygen atoms in total. The van der Waals surface area contributed by atoms with Gasteiger partial charge in [0.15, 0.2) is 0 Å². The van der Waals surface area contributed by atoms with Crippen molar-refractivity contribution in [2.24, 2.45) is 0 Å². The van der Waals surface area contributed by atoms with Crippen LogP contribution >= 0.6 is 11.6 Å².